The lowest BCUT2D eigenvalue weighted by atomic mass is 10.1. The van der Waals surface area contributed by atoms with E-state index in [1.165, 1.54) is 24.2 Å². The zero-order valence-electron chi connectivity index (χ0n) is 17.0. The molecule has 152 valence electrons. The molecule has 1 saturated heterocycles. The molecular weight excluding hydrogens is 404 g/mol. The van der Waals surface area contributed by atoms with Gasteiger partial charge in [-0.3, -0.25) is 9.69 Å². The molecule has 29 heavy (non-hydrogen) atoms. The number of carbonyl (C=O) groups excluding carboxylic acids is 1. The topological polar surface area (TPSA) is 58.1 Å². The van der Waals surface area contributed by atoms with Crippen LogP contribution in [-0.4, -0.2) is 40.4 Å². The van der Waals surface area contributed by atoms with E-state index in [2.05, 4.69) is 26.3 Å². The molecule has 3 aromatic rings. The number of benzene rings is 1. The van der Waals surface area contributed by atoms with Crippen molar-refractivity contribution in [3.8, 4) is 0 Å². The van der Waals surface area contributed by atoms with Gasteiger partial charge in [-0.1, -0.05) is 29.8 Å². The van der Waals surface area contributed by atoms with Gasteiger partial charge in [-0.2, -0.15) is 0 Å². The minimum Gasteiger partial charge on any atom is -0.349 e. The maximum Gasteiger partial charge on any atom is 0.261 e. The maximum atomic E-state index is 13.1. The number of nitrogens with one attached hydrogen (secondary N) is 1. The summed E-state index contributed by atoms with van der Waals surface area (Å²) in [6.07, 6.45) is 2.36. The third-order valence-electron chi connectivity index (χ3n) is 5.59. The lowest BCUT2D eigenvalue weighted by Crippen LogP contribution is -2.36. The normalized spacial score (nSPS) is 15.7. The van der Waals surface area contributed by atoms with Crippen molar-refractivity contribution in [3.63, 3.8) is 0 Å². The van der Waals surface area contributed by atoms with Crippen LogP contribution in [0.5, 0.6) is 0 Å². The summed E-state index contributed by atoms with van der Waals surface area (Å²) < 4.78 is 0. The molecule has 0 bridgehead atoms. The third kappa shape index (κ3) is 4.02. The van der Waals surface area contributed by atoms with E-state index >= 15 is 0 Å². The van der Waals surface area contributed by atoms with Crippen LogP contribution in [0.3, 0.4) is 0 Å². The fraction of sp³-hybridized carbons (Fsp3) is 0.409. The number of rotatable bonds is 5. The highest BCUT2D eigenvalue weighted by molar-refractivity contribution is 7.20. The van der Waals surface area contributed by atoms with Crippen LogP contribution in [0.4, 0.5) is 0 Å². The van der Waals surface area contributed by atoms with Crippen LogP contribution in [0.25, 0.3) is 10.2 Å². The average molecular weight is 429 g/mol. The first-order valence-electron chi connectivity index (χ1n) is 9.96. The molecule has 1 aromatic carbocycles. The molecule has 5 nitrogen and oxygen atoms in total. The van der Waals surface area contributed by atoms with Crippen molar-refractivity contribution in [2.24, 2.45) is 0 Å². The minimum absolute atomic E-state index is 0.0567. The molecule has 1 aliphatic rings. The predicted molar refractivity (Wildman–Crippen MR) is 119 cm³/mol. The van der Waals surface area contributed by atoms with Crippen LogP contribution in [0.15, 0.2) is 24.3 Å². The molecule has 1 fully saturated rings. The van der Waals surface area contributed by atoms with Crippen LogP contribution < -0.4 is 5.32 Å². The average Bonchev–Trinajstić information content (AvgIpc) is 3.31. The summed E-state index contributed by atoms with van der Waals surface area (Å²) >= 11 is 7.93. The highest BCUT2D eigenvalue weighted by atomic mass is 35.5. The predicted octanol–water partition coefficient (Wildman–Crippen LogP) is 4.84. The van der Waals surface area contributed by atoms with Crippen molar-refractivity contribution in [3.05, 3.63) is 56.8 Å². The molecule has 4 rings (SSSR count). The molecule has 1 unspecified atom stereocenters. The number of halogens is 1. The summed E-state index contributed by atoms with van der Waals surface area (Å²) in [6.45, 7) is 8.42. The maximum absolute atomic E-state index is 13.1. The van der Waals surface area contributed by atoms with Crippen molar-refractivity contribution >= 4 is 39.1 Å². The number of hydrogen-bond donors (Lipinski definition) is 1. The standard InChI is InChI=1S/C22H25ClN4OS/c1-13-19-14(2)25-15(3)26-22(19)29-20(13)21(28)24-12-18(27-10-6-7-11-27)16-8-4-5-9-17(16)23/h4-5,8-9,18H,6-7,10-12H2,1-3H3,(H,24,28). The Morgan fingerprint density at radius 1 is 1.21 bits per heavy atom. The summed E-state index contributed by atoms with van der Waals surface area (Å²) in [7, 11) is 0. The quantitative estimate of drug-likeness (QED) is 0.631. The minimum atomic E-state index is -0.0567. The van der Waals surface area contributed by atoms with E-state index < -0.39 is 0 Å². The number of fused-ring (bicyclic) bond motifs is 1. The van der Waals surface area contributed by atoms with Gasteiger partial charge < -0.3 is 5.32 Å². The lowest BCUT2D eigenvalue weighted by molar-refractivity contribution is 0.0941. The largest absolute Gasteiger partial charge is 0.349 e. The first-order chi connectivity index (χ1) is 14.0. The fourth-order valence-corrected chi connectivity index (χ4v) is 5.65. The molecule has 0 spiro atoms. The van der Waals surface area contributed by atoms with Crippen LogP contribution >= 0.6 is 22.9 Å². The van der Waals surface area contributed by atoms with Crippen molar-refractivity contribution in [1.82, 2.24) is 20.2 Å². The van der Waals surface area contributed by atoms with E-state index in [4.69, 9.17) is 11.6 Å². The van der Waals surface area contributed by atoms with Gasteiger partial charge in [-0.25, -0.2) is 9.97 Å². The molecule has 1 atom stereocenters. The SMILES string of the molecule is Cc1nc(C)c2c(C)c(C(=O)NCC(c3ccccc3Cl)N3CCCC3)sc2n1. The number of hydrogen-bond acceptors (Lipinski definition) is 5. The molecule has 1 aliphatic heterocycles. The molecule has 1 N–H and O–H groups in total. The fourth-order valence-electron chi connectivity index (χ4n) is 4.19. The number of likely N-dealkylation sites (tertiary alicyclic amines) is 1. The van der Waals surface area contributed by atoms with Crippen LogP contribution in [0.2, 0.25) is 5.02 Å². The molecule has 0 aliphatic carbocycles. The molecule has 0 radical (unpaired) electrons. The number of aryl methyl sites for hydroxylation is 3. The number of amides is 1. The van der Waals surface area contributed by atoms with E-state index in [9.17, 15) is 4.79 Å². The number of carbonyl (C=O) groups is 1. The van der Waals surface area contributed by atoms with Crippen LogP contribution in [-0.2, 0) is 0 Å². The van der Waals surface area contributed by atoms with E-state index in [0.29, 0.717) is 11.4 Å². The summed E-state index contributed by atoms with van der Waals surface area (Å²) in [5.74, 6) is 0.676. The van der Waals surface area contributed by atoms with Crippen molar-refractivity contribution < 1.29 is 4.79 Å². The second kappa shape index (κ2) is 8.38. The first-order valence-corrected chi connectivity index (χ1v) is 11.2. The van der Waals surface area contributed by atoms with Gasteiger partial charge in [0.25, 0.3) is 5.91 Å². The van der Waals surface area contributed by atoms with Gasteiger partial charge in [0.1, 0.15) is 10.7 Å². The van der Waals surface area contributed by atoms with E-state index in [-0.39, 0.29) is 11.9 Å². The zero-order valence-corrected chi connectivity index (χ0v) is 18.5. The Morgan fingerprint density at radius 3 is 2.66 bits per heavy atom. The Labute approximate surface area is 180 Å². The van der Waals surface area contributed by atoms with E-state index in [1.807, 2.05) is 39.0 Å². The molecule has 3 heterocycles. The van der Waals surface area contributed by atoms with Gasteiger partial charge in [0.05, 0.1) is 10.9 Å². The molecule has 1 amide bonds. The lowest BCUT2D eigenvalue weighted by Gasteiger charge is -2.28. The number of nitrogens with zero attached hydrogens (tertiary/aromatic N) is 3. The molecular formula is C22H25ClN4OS. The first kappa shape index (κ1) is 20.3. The summed E-state index contributed by atoms with van der Waals surface area (Å²) in [5.41, 5.74) is 2.95. The number of thiophene rings is 1. The summed E-state index contributed by atoms with van der Waals surface area (Å²) in [4.78, 5) is 26.0. The van der Waals surface area contributed by atoms with E-state index in [0.717, 1.165) is 51.0 Å². The highest BCUT2D eigenvalue weighted by Gasteiger charge is 2.26. The van der Waals surface area contributed by atoms with Crippen LogP contribution in [0, 0.1) is 20.8 Å². The third-order valence-corrected chi connectivity index (χ3v) is 7.12. The monoisotopic (exact) mass is 428 g/mol. The Balaban J connectivity index is 1.59. The zero-order chi connectivity index (χ0) is 20.5. The second-order valence-electron chi connectivity index (χ2n) is 7.58. The smallest absolute Gasteiger partial charge is 0.261 e. The Morgan fingerprint density at radius 2 is 1.93 bits per heavy atom. The van der Waals surface area contributed by atoms with Crippen molar-refractivity contribution in [2.75, 3.05) is 19.6 Å². The van der Waals surface area contributed by atoms with Crippen molar-refractivity contribution in [1.29, 1.82) is 0 Å². The van der Waals surface area contributed by atoms with Gasteiger partial charge in [0.2, 0.25) is 0 Å². The van der Waals surface area contributed by atoms with Gasteiger partial charge in [-0.05, 0) is 63.9 Å². The van der Waals surface area contributed by atoms with Gasteiger partial charge in [0.15, 0.2) is 0 Å². The van der Waals surface area contributed by atoms with E-state index in [1.54, 1.807) is 0 Å². The number of aromatic nitrogens is 2. The summed E-state index contributed by atoms with van der Waals surface area (Å²) in [5, 5.41) is 4.90. The van der Waals surface area contributed by atoms with Gasteiger partial charge in [-0.15, -0.1) is 11.3 Å². The Kier molecular flexibility index (Phi) is 5.86. The van der Waals surface area contributed by atoms with Crippen LogP contribution in [0.1, 0.15) is 51.2 Å². The molecule has 2 aromatic heterocycles. The second-order valence-corrected chi connectivity index (χ2v) is 8.99. The highest BCUT2D eigenvalue weighted by Crippen LogP contribution is 2.32. The van der Waals surface area contributed by atoms with Gasteiger partial charge >= 0.3 is 0 Å². The molecule has 7 heteroatoms. The Hall–Kier alpha value is -2.02. The van der Waals surface area contributed by atoms with Crippen molar-refractivity contribution in [2.45, 2.75) is 39.7 Å². The Bertz CT molecular complexity index is 1060. The molecule has 0 saturated carbocycles. The summed E-state index contributed by atoms with van der Waals surface area (Å²) in [6, 6.07) is 8.00. The van der Waals surface area contributed by atoms with Gasteiger partial charge in [0, 0.05) is 22.6 Å².